The Bertz CT molecular complexity index is 569. The molecule has 0 spiro atoms. The summed E-state index contributed by atoms with van der Waals surface area (Å²) in [6, 6.07) is 7.52. The van der Waals surface area contributed by atoms with Crippen molar-refractivity contribution in [1.82, 2.24) is 10.2 Å². The number of amides is 1. The highest BCUT2D eigenvalue weighted by atomic mass is 79.9. The van der Waals surface area contributed by atoms with Crippen molar-refractivity contribution in [2.45, 2.75) is 32.7 Å². The molecule has 0 radical (unpaired) electrons. The number of hydrogen-bond acceptors (Lipinski definition) is 4. The third kappa shape index (κ3) is 6.53. The maximum atomic E-state index is 12.1. The molecule has 1 aliphatic heterocycles. The van der Waals surface area contributed by atoms with Gasteiger partial charge in [0.05, 0.1) is 13.2 Å². The lowest BCUT2D eigenvalue weighted by atomic mass is 10.0. The smallest absolute Gasteiger partial charge is 0.220 e. The van der Waals surface area contributed by atoms with Crippen molar-refractivity contribution in [3.8, 4) is 0 Å². The summed E-state index contributed by atoms with van der Waals surface area (Å²) in [5.41, 5.74) is 0.643. The van der Waals surface area contributed by atoms with E-state index in [1.54, 1.807) is 12.1 Å². The Labute approximate surface area is 158 Å². The molecule has 0 aliphatic carbocycles. The van der Waals surface area contributed by atoms with E-state index in [2.05, 4.69) is 40.0 Å². The van der Waals surface area contributed by atoms with Crippen molar-refractivity contribution in [1.29, 1.82) is 0 Å². The maximum absolute atomic E-state index is 12.1. The second-order valence-corrected chi connectivity index (χ2v) is 7.61. The minimum Gasteiger partial charge on any atom is -0.379 e. The zero-order chi connectivity index (χ0) is 18.2. The van der Waals surface area contributed by atoms with E-state index in [9.17, 15) is 9.59 Å². The molecule has 1 N–H and O–H groups in total. The number of ketones is 1. The van der Waals surface area contributed by atoms with Crippen LogP contribution >= 0.6 is 15.9 Å². The van der Waals surface area contributed by atoms with E-state index in [1.165, 1.54) is 0 Å². The van der Waals surface area contributed by atoms with E-state index in [0.29, 0.717) is 24.1 Å². The zero-order valence-electron chi connectivity index (χ0n) is 15.0. The van der Waals surface area contributed by atoms with Gasteiger partial charge in [0.25, 0.3) is 0 Å². The normalized spacial score (nSPS) is 16.6. The van der Waals surface area contributed by atoms with Gasteiger partial charge in [0.15, 0.2) is 5.78 Å². The van der Waals surface area contributed by atoms with Gasteiger partial charge < -0.3 is 10.1 Å². The molecule has 6 heteroatoms. The Morgan fingerprint density at radius 2 is 1.80 bits per heavy atom. The summed E-state index contributed by atoms with van der Waals surface area (Å²) in [6.07, 6.45) is 0.459. The first-order chi connectivity index (χ1) is 12.0. The highest BCUT2D eigenvalue weighted by Gasteiger charge is 2.24. The van der Waals surface area contributed by atoms with Gasteiger partial charge in [0.2, 0.25) is 5.91 Å². The second kappa shape index (κ2) is 10.0. The summed E-state index contributed by atoms with van der Waals surface area (Å²) in [7, 11) is 0. The van der Waals surface area contributed by atoms with Crippen LogP contribution in [0.1, 0.15) is 37.0 Å². The molecule has 0 saturated carbocycles. The average Bonchev–Trinajstić information content (AvgIpc) is 2.61. The minimum atomic E-state index is -0.0654. The van der Waals surface area contributed by atoms with Crippen LogP contribution in [0.4, 0.5) is 0 Å². The molecule has 5 nitrogen and oxygen atoms in total. The van der Waals surface area contributed by atoms with Gasteiger partial charge in [0.1, 0.15) is 0 Å². The standard InChI is InChI=1S/C19H27BrN2O3/c1-14(2)17(22-9-11-25-12-10-22)13-21-19(24)8-7-18(23)15-3-5-16(20)6-4-15/h3-6,14,17H,7-13H2,1-2H3,(H,21,24). The predicted molar refractivity (Wildman–Crippen MR) is 102 cm³/mol. The number of ether oxygens (including phenoxy) is 1. The van der Waals surface area contributed by atoms with Gasteiger partial charge in [-0.15, -0.1) is 0 Å². The molecular weight excluding hydrogens is 384 g/mol. The van der Waals surface area contributed by atoms with E-state index in [4.69, 9.17) is 4.74 Å². The first-order valence-corrected chi connectivity index (χ1v) is 9.64. The summed E-state index contributed by atoms with van der Waals surface area (Å²) >= 11 is 3.35. The highest BCUT2D eigenvalue weighted by Crippen LogP contribution is 2.14. The molecule has 1 atom stereocenters. The van der Waals surface area contributed by atoms with Crippen molar-refractivity contribution < 1.29 is 14.3 Å². The molecule has 1 unspecified atom stereocenters. The van der Waals surface area contributed by atoms with Crippen molar-refractivity contribution in [3.05, 3.63) is 34.3 Å². The Morgan fingerprint density at radius 1 is 1.16 bits per heavy atom. The van der Waals surface area contributed by atoms with Crippen LogP contribution in [0, 0.1) is 5.92 Å². The minimum absolute atomic E-state index is 0.00348. The quantitative estimate of drug-likeness (QED) is 0.669. The summed E-state index contributed by atoms with van der Waals surface area (Å²) in [5.74, 6) is 0.378. The molecule has 138 valence electrons. The van der Waals surface area contributed by atoms with Gasteiger partial charge in [-0.3, -0.25) is 14.5 Å². The summed E-state index contributed by atoms with van der Waals surface area (Å²) in [5, 5.41) is 3.00. The van der Waals surface area contributed by atoms with Crippen LogP contribution < -0.4 is 5.32 Å². The number of carbonyl (C=O) groups is 2. The molecule has 1 saturated heterocycles. The Hall–Kier alpha value is -1.24. The fourth-order valence-corrected chi connectivity index (χ4v) is 3.27. The lowest BCUT2D eigenvalue weighted by Gasteiger charge is -2.36. The molecule has 2 rings (SSSR count). The SMILES string of the molecule is CC(C)C(CNC(=O)CCC(=O)c1ccc(Br)cc1)N1CCOCC1. The van der Waals surface area contributed by atoms with Gasteiger partial charge in [-0.1, -0.05) is 41.9 Å². The number of rotatable bonds is 8. The lowest BCUT2D eigenvalue weighted by molar-refractivity contribution is -0.121. The maximum Gasteiger partial charge on any atom is 0.220 e. The van der Waals surface area contributed by atoms with Crippen LogP contribution in [0.15, 0.2) is 28.7 Å². The summed E-state index contributed by atoms with van der Waals surface area (Å²) in [4.78, 5) is 26.6. The summed E-state index contributed by atoms with van der Waals surface area (Å²) in [6.45, 7) is 8.26. The van der Waals surface area contributed by atoms with Gasteiger partial charge in [0, 0.05) is 48.6 Å². The molecule has 1 amide bonds. The van der Waals surface area contributed by atoms with Crippen molar-refractivity contribution in [2.75, 3.05) is 32.8 Å². The van der Waals surface area contributed by atoms with Gasteiger partial charge >= 0.3 is 0 Å². The van der Waals surface area contributed by atoms with Crippen molar-refractivity contribution in [2.24, 2.45) is 5.92 Å². The number of hydrogen-bond donors (Lipinski definition) is 1. The molecule has 1 aromatic rings. The molecule has 1 heterocycles. The van der Waals surface area contributed by atoms with Crippen molar-refractivity contribution >= 4 is 27.6 Å². The van der Waals surface area contributed by atoms with Gasteiger partial charge in [-0.2, -0.15) is 0 Å². The average molecular weight is 411 g/mol. The van der Waals surface area contributed by atoms with Gasteiger partial charge in [-0.05, 0) is 18.1 Å². The lowest BCUT2D eigenvalue weighted by Crippen LogP contribution is -2.51. The summed E-state index contributed by atoms with van der Waals surface area (Å²) < 4.78 is 6.33. The number of Topliss-reactive ketones (excluding diaryl/α,β-unsaturated/α-hetero) is 1. The fraction of sp³-hybridized carbons (Fsp3) is 0.579. The third-order valence-corrected chi connectivity index (χ3v) is 5.07. The van der Waals surface area contributed by atoms with Crippen LogP contribution in [-0.4, -0.2) is 55.5 Å². The molecular formula is C19H27BrN2O3. The number of morpholine rings is 1. The second-order valence-electron chi connectivity index (χ2n) is 6.69. The number of carbonyl (C=O) groups excluding carboxylic acids is 2. The topological polar surface area (TPSA) is 58.6 Å². The fourth-order valence-electron chi connectivity index (χ4n) is 3.01. The third-order valence-electron chi connectivity index (χ3n) is 4.54. The van der Waals surface area contributed by atoms with E-state index >= 15 is 0 Å². The van der Waals surface area contributed by atoms with Crippen LogP contribution in [0.3, 0.4) is 0 Å². The Balaban J connectivity index is 1.76. The number of halogens is 1. The first kappa shape index (κ1) is 20.1. The first-order valence-electron chi connectivity index (χ1n) is 8.84. The molecule has 1 aromatic carbocycles. The van der Waals surface area contributed by atoms with E-state index in [1.807, 2.05) is 12.1 Å². The molecule has 1 fully saturated rings. The van der Waals surface area contributed by atoms with Crippen LogP contribution in [0.5, 0.6) is 0 Å². The van der Waals surface area contributed by atoms with Crippen LogP contribution in [0.25, 0.3) is 0 Å². The van der Waals surface area contributed by atoms with E-state index in [0.717, 1.165) is 30.8 Å². The number of nitrogens with zero attached hydrogens (tertiary/aromatic N) is 1. The van der Waals surface area contributed by atoms with E-state index in [-0.39, 0.29) is 24.5 Å². The van der Waals surface area contributed by atoms with Gasteiger partial charge in [-0.25, -0.2) is 0 Å². The monoisotopic (exact) mass is 410 g/mol. The largest absolute Gasteiger partial charge is 0.379 e. The molecule has 25 heavy (non-hydrogen) atoms. The molecule has 1 aliphatic rings. The van der Waals surface area contributed by atoms with Crippen molar-refractivity contribution in [3.63, 3.8) is 0 Å². The Kier molecular flexibility index (Phi) is 8.06. The number of benzene rings is 1. The van der Waals surface area contributed by atoms with Crippen LogP contribution in [0.2, 0.25) is 0 Å². The predicted octanol–water partition coefficient (Wildman–Crippen LogP) is 2.89. The van der Waals surface area contributed by atoms with E-state index < -0.39 is 0 Å². The number of nitrogens with one attached hydrogen (secondary N) is 1. The molecule has 0 bridgehead atoms. The zero-order valence-corrected chi connectivity index (χ0v) is 16.5. The molecule has 0 aromatic heterocycles. The Morgan fingerprint density at radius 3 is 2.40 bits per heavy atom. The highest BCUT2D eigenvalue weighted by molar-refractivity contribution is 9.10. The van der Waals surface area contributed by atoms with Crippen LogP contribution in [-0.2, 0) is 9.53 Å².